The molecule has 1 aromatic heterocycles. The number of aromatic nitrogens is 2. The fraction of sp³-hybridized carbons (Fsp3) is 0.267. The highest BCUT2D eigenvalue weighted by Crippen LogP contribution is 2.25. The number of nitrogens with zero attached hydrogens (tertiary/aromatic N) is 2. The maximum absolute atomic E-state index is 12.2. The first-order valence-electron chi connectivity index (χ1n) is 6.79. The van der Waals surface area contributed by atoms with Gasteiger partial charge in [0, 0.05) is 17.8 Å². The predicted octanol–water partition coefficient (Wildman–Crippen LogP) is 4.10. The largest absolute Gasteiger partial charge is 0.354 e. The summed E-state index contributed by atoms with van der Waals surface area (Å²) in [6.45, 7) is 4.88. The van der Waals surface area contributed by atoms with E-state index in [4.69, 9.17) is 23.2 Å². The molecule has 0 saturated heterocycles. The van der Waals surface area contributed by atoms with Gasteiger partial charge in [0.2, 0.25) is 5.95 Å². The van der Waals surface area contributed by atoms with E-state index >= 15 is 0 Å². The predicted molar refractivity (Wildman–Crippen MR) is 89.8 cm³/mol. The molecular formula is C15H16Cl2N4O. The SMILES string of the molecule is CC(C)CNc1nccc(C(=O)Nc2ccc(Cl)cc2Cl)n1. The molecule has 0 aliphatic rings. The number of benzene rings is 1. The van der Waals surface area contributed by atoms with E-state index in [1.807, 2.05) is 0 Å². The Balaban J connectivity index is 2.10. The van der Waals surface area contributed by atoms with E-state index in [-0.39, 0.29) is 11.6 Å². The molecule has 1 amide bonds. The molecule has 7 heteroatoms. The quantitative estimate of drug-likeness (QED) is 0.860. The van der Waals surface area contributed by atoms with Gasteiger partial charge in [-0.05, 0) is 30.2 Å². The Hall–Kier alpha value is -1.85. The number of nitrogens with one attached hydrogen (secondary N) is 2. The fourth-order valence-electron chi connectivity index (χ4n) is 1.64. The molecule has 0 aliphatic heterocycles. The summed E-state index contributed by atoms with van der Waals surface area (Å²) in [5, 5.41) is 6.65. The van der Waals surface area contributed by atoms with Gasteiger partial charge in [-0.2, -0.15) is 0 Å². The van der Waals surface area contributed by atoms with Crippen LogP contribution in [0, 0.1) is 5.92 Å². The second-order valence-corrected chi connectivity index (χ2v) is 5.96. The Bertz CT molecular complexity index is 676. The fourth-order valence-corrected chi connectivity index (χ4v) is 2.10. The van der Waals surface area contributed by atoms with Gasteiger partial charge >= 0.3 is 0 Å². The average molecular weight is 339 g/mol. The molecule has 1 heterocycles. The van der Waals surface area contributed by atoms with Gasteiger partial charge in [0.15, 0.2) is 0 Å². The standard InChI is InChI=1S/C15H16Cl2N4O/c1-9(2)8-19-15-18-6-5-13(21-15)14(22)20-12-4-3-10(16)7-11(12)17/h3-7,9H,8H2,1-2H3,(H,20,22)(H,18,19,21). The minimum Gasteiger partial charge on any atom is -0.354 e. The normalized spacial score (nSPS) is 10.6. The summed E-state index contributed by atoms with van der Waals surface area (Å²) < 4.78 is 0. The molecule has 0 atom stereocenters. The molecule has 5 nitrogen and oxygen atoms in total. The highest BCUT2D eigenvalue weighted by atomic mass is 35.5. The molecule has 0 aliphatic carbocycles. The van der Waals surface area contributed by atoms with Gasteiger partial charge in [0.05, 0.1) is 10.7 Å². The van der Waals surface area contributed by atoms with Crippen molar-refractivity contribution in [2.75, 3.05) is 17.2 Å². The number of carbonyl (C=O) groups excluding carboxylic acids is 1. The Morgan fingerprint density at radius 2 is 2.05 bits per heavy atom. The van der Waals surface area contributed by atoms with Gasteiger partial charge in [0.1, 0.15) is 5.69 Å². The summed E-state index contributed by atoms with van der Waals surface area (Å²) in [5.41, 5.74) is 0.735. The van der Waals surface area contributed by atoms with Crippen LogP contribution in [0.15, 0.2) is 30.5 Å². The zero-order valence-corrected chi connectivity index (χ0v) is 13.7. The lowest BCUT2D eigenvalue weighted by atomic mass is 10.2. The van der Waals surface area contributed by atoms with Crippen molar-refractivity contribution in [3.63, 3.8) is 0 Å². The number of hydrogen-bond donors (Lipinski definition) is 2. The van der Waals surface area contributed by atoms with Crippen molar-refractivity contribution in [2.24, 2.45) is 5.92 Å². The molecule has 0 unspecified atom stereocenters. The summed E-state index contributed by atoms with van der Waals surface area (Å²) in [4.78, 5) is 20.5. The van der Waals surface area contributed by atoms with Crippen LogP contribution in [0.3, 0.4) is 0 Å². The first kappa shape index (κ1) is 16.5. The van der Waals surface area contributed by atoms with Crippen molar-refractivity contribution in [3.05, 3.63) is 46.2 Å². The third kappa shape index (κ3) is 4.58. The maximum atomic E-state index is 12.2. The Kier molecular flexibility index (Phi) is 5.57. The van der Waals surface area contributed by atoms with Crippen LogP contribution in [0.25, 0.3) is 0 Å². The van der Waals surface area contributed by atoms with Crippen LogP contribution in [-0.2, 0) is 0 Å². The minimum absolute atomic E-state index is 0.257. The van der Waals surface area contributed by atoms with Crippen LogP contribution in [0.5, 0.6) is 0 Å². The van der Waals surface area contributed by atoms with E-state index in [0.29, 0.717) is 27.6 Å². The first-order valence-corrected chi connectivity index (χ1v) is 7.54. The van der Waals surface area contributed by atoms with Crippen molar-refractivity contribution < 1.29 is 4.79 Å². The number of halogens is 2. The summed E-state index contributed by atoms with van der Waals surface area (Å²) in [7, 11) is 0. The lowest BCUT2D eigenvalue weighted by molar-refractivity contribution is 0.102. The van der Waals surface area contributed by atoms with Crippen molar-refractivity contribution in [1.29, 1.82) is 0 Å². The Morgan fingerprint density at radius 1 is 1.27 bits per heavy atom. The van der Waals surface area contributed by atoms with Crippen molar-refractivity contribution in [2.45, 2.75) is 13.8 Å². The van der Waals surface area contributed by atoms with E-state index in [1.54, 1.807) is 24.3 Å². The van der Waals surface area contributed by atoms with E-state index in [0.717, 1.165) is 6.54 Å². The van der Waals surface area contributed by atoms with E-state index in [1.165, 1.54) is 6.20 Å². The van der Waals surface area contributed by atoms with Crippen molar-refractivity contribution in [3.8, 4) is 0 Å². The van der Waals surface area contributed by atoms with Gasteiger partial charge in [-0.3, -0.25) is 4.79 Å². The summed E-state index contributed by atoms with van der Waals surface area (Å²) in [6, 6.07) is 6.40. The lowest BCUT2D eigenvalue weighted by Crippen LogP contribution is -2.16. The van der Waals surface area contributed by atoms with Gasteiger partial charge in [-0.1, -0.05) is 37.0 Å². The molecule has 1 aromatic carbocycles. The molecule has 0 saturated carbocycles. The van der Waals surface area contributed by atoms with Crippen molar-refractivity contribution in [1.82, 2.24) is 9.97 Å². The Morgan fingerprint density at radius 3 is 2.73 bits per heavy atom. The second kappa shape index (κ2) is 7.42. The lowest BCUT2D eigenvalue weighted by Gasteiger charge is -2.09. The zero-order valence-electron chi connectivity index (χ0n) is 12.2. The van der Waals surface area contributed by atoms with Crippen molar-refractivity contribution >= 4 is 40.7 Å². The summed E-state index contributed by atoms with van der Waals surface area (Å²) in [5.74, 6) is 0.511. The number of hydrogen-bond acceptors (Lipinski definition) is 4. The zero-order chi connectivity index (χ0) is 16.1. The molecule has 116 valence electrons. The van der Waals surface area contributed by atoms with Gasteiger partial charge in [0.25, 0.3) is 5.91 Å². The van der Waals surface area contributed by atoms with Crippen LogP contribution in [0.2, 0.25) is 10.0 Å². The molecule has 22 heavy (non-hydrogen) atoms. The molecule has 0 fully saturated rings. The maximum Gasteiger partial charge on any atom is 0.274 e. The van der Waals surface area contributed by atoms with Crippen LogP contribution in [-0.4, -0.2) is 22.4 Å². The van der Waals surface area contributed by atoms with Crippen LogP contribution < -0.4 is 10.6 Å². The molecule has 2 aromatic rings. The summed E-state index contributed by atoms with van der Waals surface area (Å²) in [6.07, 6.45) is 1.54. The number of carbonyl (C=O) groups is 1. The van der Waals surface area contributed by atoms with Crippen LogP contribution in [0.1, 0.15) is 24.3 Å². The molecule has 0 bridgehead atoms. The number of anilines is 2. The molecule has 0 spiro atoms. The van der Waals surface area contributed by atoms with Crippen LogP contribution in [0.4, 0.5) is 11.6 Å². The minimum atomic E-state index is -0.362. The highest BCUT2D eigenvalue weighted by molar-refractivity contribution is 6.36. The van der Waals surface area contributed by atoms with E-state index in [9.17, 15) is 4.79 Å². The van der Waals surface area contributed by atoms with E-state index in [2.05, 4.69) is 34.4 Å². The second-order valence-electron chi connectivity index (χ2n) is 5.12. The summed E-state index contributed by atoms with van der Waals surface area (Å²) >= 11 is 11.9. The van der Waals surface area contributed by atoms with E-state index < -0.39 is 0 Å². The smallest absolute Gasteiger partial charge is 0.274 e. The molecule has 2 rings (SSSR count). The number of rotatable bonds is 5. The first-order chi connectivity index (χ1) is 10.5. The monoisotopic (exact) mass is 338 g/mol. The van der Waals surface area contributed by atoms with Gasteiger partial charge < -0.3 is 10.6 Å². The third-order valence-corrected chi connectivity index (χ3v) is 3.28. The van der Waals surface area contributed by atoms with Gasteiger partial charge in [-0.15, -0.1) is 0 Å². The number of amides is 1. The third-order valence-electron chi connectivity index (χ3n) is 2.74. The average Bonchev–Trinajstić information content (AvgIpc) is 2.48. The molecule has 0 radical (unpaired) electrons. The highest BCUT2D eigenvalue weighted by Gasteiger charge is 2.11. The molecular weight excluding hydrogens is 323 g/mol. The molecule has 2 N–H and O–H groups in total. The van der Waals surface area contributed by atoms with Gasteiger partial charge in [-0.25, -0.2) is 9.97 Å². The topological polar surface area (TPSA) is 66.9 Å². The Labute approximate surface area is 139 Å². The van der Waals surface area contributed by atoms with Crippen LogP contribution >= 0.6 is 23.2 Å².